The Balaban J connectivity index is 1.97. The van der Waals surface area contributed by atoms with Gasteiger partial charge >= 0.3 is 0 Å². The highest BCUT2D eigenvalue weighted by atomic mass is 15.3. The minimum atomic E-state index is 0.566. The number of likely N-dealkylation sites (N-methyl/N-ethyl adjacent to an activating group) is 1. The molecule has 1 saturated heterocycles. The lowest BCUT2D eigenvalue weighted by atomic mass is 10.2. The van der Waals surface area contributed by atoms with Gasteiger partial charge in [-0.1, -0.05) is 13.0 Å². The Labute approximate surface area is 97.1 Å². The van der Waals surface area contributed by atoms with E-state index in [1.165, 1.54) is 0 Å². The van der Waals surface area contributed by atoms with E-state index < -0.39 is 0 Å². The molecular weight excluding hydrogens is 200 g/mol. The molecule has 1 aromatic rings. The van der Waals surface area contributed by atoms with Crippen LogP contribution in [0.25, 0.3) is 0 Å². The molecule has 0 aromatic carbocycles. The zero-order chi connectivity index (χ0) is 11.4. The van der Waals surface area contributed by atoms with Crippen molar-refractivity contribution in [3.05, 3.63) is 23.9 Å². The first-order chi connectivity index (χ1) is 7.83. The molecule has 0 bridgehead atoms. The van der Waals surface area contributed by atoms with Crippen LogP contribution in [0.2, 0.25) is 0 Å². The van der Waals surface area contributed by atoms with Gasteiger partial charge in [0.2, 0.25) is 0 Å². The molecule has 1 aliphatic heterocycles. The second-order valence-corrected chi connectivity index (χ2v) is 4.15. The topological polar surface area (TPSA) is 45.4 Å². The first-order valence-corrected chi connectivity index (χ1v) is 5.95. The maximum atomic E-state index is 5.55. The summed E-state index contributed by atoms with van der Waals surface area (Å²) in [6, 6.07) is 4.14. The highest BCUT2D eigenvalue weighted by Crippen LogP contribution is 2.13. The van der Waals surface area contributed by atoms with Gasteiger partial charge in [-0.3, -0.25) is 0 Å². The Kier molecular flexibility index (Phi) is 3.74. The third-order valence-corrected chi connectivity index (χ3v) is 3.19. The van der Waals surface area contributed by atoms with E-state index in [1.54, 1.807) is 0 Å². The smallest absolute Gasteiger partial charge is 0.128 e. The molecule has 0 atom stereocenters. The van der Waals surface area contributed by atoms with Gasteiger partial charge in [-0.15, -0.1) is 0 Å². The van der Waals surface area contributed by atoms with Gasteiger partial charge in [0.05, 0.1) is 0 Å². The largest absolute Gasteiger partial charge is 0.354 e. The van der Waals surface area contributed by atoms with Crippen LogP contribution in [-0.4, -0.2) is 42.6 Å². The SMILES string of the molecule is CCN1CCN(c2ccc(CN)cn2)CC1. The summed E-state index contributed by atoms with van der Waals surface area (Å²) in [5, 5.41) is 0. The summed E-state index contributed by atoms with van der Waals surface area (Å²) in [5.74, 6) is 1.08. The van der Waals surface area contributed by atoms with E-state index in [-0.39, 0.29) is 0 Å². The number of pyridine rings is 1. The highest BCUT2D eigenvalue weighted by molar-refractivity contribution is 5.39. The average molecular weight is 220 g/mol. The number of piperazine rings is 1. The average Bonchev–Trinajstić information content (AvgIpc) is 2.39. The molecule has 2 N–H and O–H groups in total. The molecular formula is C12H20N4. The van der Waals surface area contributed by atoms with E-state index in [9.17, 15) is 0 Å². The molecule has 0 unspecified atom stereocenters. The summed E-state index contributed by atoms with van der Waals surface area (Å²) in [7, 11) is 0. The lowest BCUT2D eigenvalue weighted by molar-refractivity contribution is 0.270. The lowest BCUT2D eigenvalue weighted by Gasteiger charge is -2.34. The van der Waals surface area contributed by atoms with Crippen LogP contribution in [0.1, 0.15) is 12.5 Å². The van der Waals surface area contributed by atoms with E-state index in [1.807, 2.05) is 6.20 Å². The number of nitrogens with two attached hydrogens (primary N) is 1. The summed E-state index contributed by atoms with van der Waals surface area (Å²) in [5.41, 5.74) is 6.65. The van der Waals surface area contributed by atoms with E-state index >= 15 is 0 Å². The highest BCUT2D eigenvalue weighted by Gasteiger charge is 2.16. The maximum absolute atomic E-state index is 5.55. The van der Waals surface area contributed by atoms with Crippen molar-refractivity contribution >= 4 is 5.82 Å². The minimum Gasteiger partial charge on any atom is -0.354 e. The predicted molar refractivity (Wildman–Crippen MR) is 66.5 cm³/mol. The van der Waals surface area contributed by atoms with E-state index in [2.05, 4.69) is 33.8 Å². The van der Waals surface area contributed by atoms with Crippen molar-refractivity contribution in [2.75, 3.05) is 37.6 Å². The zero-order valence-electron chi connectivity index (χ0n) is 9.89. The molecule has 2 heterocycles. The van der Waals surface area contributed by atoms with Gasteiger partial charge in [0.25, 0.3) is 0 Å². The van der Waals surface area contributed by atoms with Crippen LogP contribution in [0.5, 0.6) is 0 Å². The molecule has 0 amide bonds. The zero-order valence-corrected chi connectivity index (χ0v) is 9.89. The van der Waals surface area contributed by atoms with Crippen LogP contribution >= 0.6 is 0 Å². The molecule has 88 valence electrons. The molecule has 1 fully saturated rings. The van der Waals surface area contributed by atoms with Crippen molar-refractivity contribution in [2.24, 2.45) is 5.73 Å². The van der Waals surface area contributed by atoms with E-state index in [0.29, 0.717) is 6.54 Å². The predicted octanol–water partition coefficient (Wildman–Crippen LogP) is 0.682. The summed E-state index contributed by atoms with van der Waals surface area (Å²) in [6.07, 6.45) is 1.88. The van der Waals surface area contributed by atoms with Crippen molar-refractivity contribution in [2.45, 2.75) is 13.5 Å². The van der Waals surface area contributed by atoms with Gasteiger partial charge in [-0.05, 0) is 18.2 Å². The van der Waals surface area contributed by atoms with Gasteiger partial charge in [-0.25, -0.2) is 4.98 Å². The second kappa shape index (κ2) is 5.27. The molecule has 4 nitrogen and oxygen atoms in total. The van der Waals surface area contributed by atoms with Crippen molar-refractivity contribution in [1.82, 2.24) is 9.88 Å². The molecule has 1 aromatic heterocycles. The maximum Gasteiger partial charge on any atom is 0.128 e. The molecule has 0 aliphatic carbocycles. The number of hydrogen-bond acceptors (Lipinski definition) is 4. The second-order valence-electron chi connectivity index (χ2n) is 4.15. The number of hydrogen-bond donors (Lipinski definition) is 1. The standard InChI is InChI=1S/C12H20N4/c1-2-15-5-7-16(8-6-15)12-4-3-11(9-13)10-14-12/h3-4,10H,2,5-9,13H2,1H3. The van der Waals surface area contributed by atoms with E-state index in [4.69, 9.17) is 5.73 Å². The monoisotopic (exact) mass is 220 g/mol. The van der Waals surface area contributed by atoms with Crippen molar-refractivity contribution in [1.29, 1.82) is 0 Å². The van der Waals surface area contributed by atoms with Crippen LogP contribution in [0.15, 0.2) is 18.3 Å². The molecule has 1 aliphatic rings. The summed E-state index contributed by atoms with van der Waals surface area (Å²) in [6.45, 7) is 8.34. The van der Waals surface area contributed by atoms with Gasteiger partial charge in [0.15, 0.2) is 0 Å². The first kappa shape index (κ1) is 11.4. The van der Waals surface area contributed by atoms with Gasteiger partial charge < -0.3 is 15.5 Å². The Morgan fingerprint density at radius 3 is 2.50 bits per heavy atom. The third kappa shape index (κ3) is 2.51. The summed E-state index contributed by atoms with van der Waals surface area (Å²) < 4.78 is 0. The Morgan fingerprint density at radius 1 is 1.25 bits per heavy atom. The van der Waals surface area contributed by atoms with Gasteiger partial charge in [-0.2, -0.15) is 0 Å². The van der Waals surface area contributed by atoms with Crippen LogP contribution in [0, 0.1) is 0 Å². The van der Waals surface area contributed by atoms with Crippen molar-refractivity contribution in [3.8, 4) is 0 Å². The molecule has 0 spiro atoms. The van der Waals surface area contributed by atoms with Crippen LogP contribution in [0.4, 0.5) is 5.82 Å². The summed E-state index contributed by atoms with van der Waals surface area (Å²) >= 11 is 0. The van der Waals surface area contributed by atoms with Crippen LogP contribution < -0.4 is 10.6 Å². The molecule has 2 rings (SSSR count). The molecule has 16 heavy (non-hydrogen) atoms. The van der Waals surface area contributed by atoms with E-state index in [0.717, 1.165) is 44.1 Å². The lowest BCUT2D eigenvalue weighted by Crippen LogP contribution is -2.46. The number of nitrogens with zero attached hydrogens (tertiary/aromatic N) is 3. The fourth-order valence-electron chi connectivity index (χ4n) is 2.02. The quantitative estimate of drug-likeness (QED) is 0.814. The number of anilines is 1. The van der Waals surface area contributed by atoms with Crippen molar-refractivity contribution in [3.63, 3.8) is 0 Å². The first-order valence-electron chi connectivity index (χ1n) is 5.95. The van der Waals surface area contributed by atoms with Gasteiger partial charge in [0.1, 0.15) is 5.82 Å². The van der Waals surface area contributed by atoms with Crippen molar-refractivity contribution < 1.29 is 0 Å². The van der Waals surface area contributed by atoms with Crippen LogP contribution in [-0.2, 0) is 6.54 Å². The Bertz CT molecular complexity index is 314. The van der Waals surface area contributed by atoms with Gasteiger partial charge in [0, 0.05) is 38.9 Å². The molecule has 4 heteroatoms. The minimum absolute atomic E-state index is 0.566. The number of rotatable bonds is 3. The molecule has 0 saturated carbocycles. The fraction of sp³-hybridized carbons (Fsp3) is 0.583. The fourth-order valence-corrected chi connectivity index (χ4v) is 2.02. The third-order valence-electron chi connectivity index (χ3n) is 3.19. The normalized spacial score (nSPS) is 17.8. The molecule has 0 radical (unpaired) electrons. The Morgan fingerprint density at radius 2 is 2.00 bits per heavy atom. The Hall–Kier alpha value is -1.13. The van der Waals surface area contributed by atoms with Crippen LogP contribution in [0.3, 0.4) is 0 Å². The summed E-state index contributed by atoms with van der Waals surface area (Å²) in [4.78, 5) is 9.25. The number of aromatic nitrogens is 1.